The maximum atomic E-state index is 10.3. The fourth-order valence-electron chi connectivity index (χ4n) is 3.16. The fraction of sp³-hybridized carbons (Fsp3) is 0.500. The van der Waals surface area contributed by atoms with E-state index in [1.54, 1.807) is 10.9 Å². The number of aromatic nitrogens is 2. The van der Waals surface area contributed by atoms with E-state index in [1.165, 1.54) is 0 Å². The molecule has 3 rings (SSSR count). The van der Waals surface area contributed by atoms with Gasteiger partial charge in [0.1, 0.15) is 0 Å². The molecule has 1 aromatic carbocycles. The van der Waals surface area contributed by atoms with Gasteiger partial charge in [0.25, 0.3) is 0 Å². The van der Waals surface area contributed by atoms with E-state index in [9.17, 15) is 10.2 Å². The number of piperazine rings is 1. The van der Waals surface area contributed by atoms with Gasteiger partial charge in [0.15, 0.2) is 0 Å². The maximum Gasteiger partial charge on any atom is 0.0916 e. The molecule has 0 unspecified atom stereocenters. The van der Waals surface area contributed by atoms with Gasteiger partial charge in [-0.25, -0.2) is 0 Å². The lowest BCUT2D eigenvalue weighted by molar-refractivity contribution is 0.0430. The molecular formula is C18H26N4O2. The monoisotopic (exact) mass is 330 g/mol. The van der Waals surface area contributed by atoms with Crippen LogP contribution in [0.4, 0.5) is 0 Å². The highest BCUT2D eigenvalue weighted by atomic mass is 16.3. The van der Waals surface area contributed by atoms with Crippen molar-refractivity contribution in [2.45, 2.75) is 18.8 Å². The van der Waals surface area contributed by atoms with Crippen molar-refractivity contribution in [3.63, 3.8) is 0 Å². The normalized spacial score (nSPS) is 19.2. The summed E-state index contributed by atoms with van der Waals surface area (Å²) in [5.74, 6) is 0. The first-order chi connectivity index (χ1) is 11.7. The van der Waals surface area contributed by atoms with Crippen LogP contribution < -0.4 is 0 Å². The highest BCUT2D eigenvalue weighted by Gasteiger charge is 2.21. The molecule has 1 aliphatic rings. The zero-order valence-corrected chi connectivity index (χ0v) is 13.9. The summed E-state index contributed by atoms with van der Waals surface area (Å²) < 4.78 is 1.76. The lowest BCUT2D eigenvalue weighted by Crippen LogP contribution is -2.49. The van der Waals surface area contributed by atoms with Crippen LogP contribution in [0.5, 0.6) is 0 Å². The zero-order chi connectivity index (χ0) is 16.8. The van der Waals surface area contributed by atoms with Crippen LogP contribution in [0.3, 0.4) is 0 Å². The molecule has 6 nitrogen and oxygen atoms in total. The van der Waals surface area contributed by atoms with Crippen LogP contribution in [0, 0.1) is 0 Å². The first kappa shape index (κ1) is 17.1. The van der Waals surface area contributed by atoms with Crippen LogP contribution in [0.1, 0.15) is 11.7 Å². The number of aliphatic hydroxyl groups is 2. The van der Waals surface area contributed by atoms with Crippen molar-refractivity contribution in [2.24, 2.45) is 0 Å². The van der Waals surface area contributed by atoms with Gasteiger partial charge in [-0.15, -0.1) is 0 Å². The molecule has 0 aliphatic carbocycles. The first-order valence-electron chi connectivity index (χ1n) is 8.54. The Kier molecular flexibility index (Phi) is 5.98. The number of nitrogens with zero attached hydrogens (tertiary/aromatic N) is 4. The van der Waals surface area contributed by atoms with Gasteiger partial charge in [-0.05, 0) is 11.6 Å². The van der Waals surface area contributed by atoms with Crippen molar-refractivity contribution in [2.75, 3.05) is 39.3 Å². The molecule has 130 valence electrons. The SMILES string of the molecule is O[C@H](CN1CCN(C[C@@H](O)c2ccccc2)CC1)Cn1cccn1. The molecule has 2 atom stereocenters. The van der Waals surface area contributed by atoms with Crippen molar-refractivity contribution in [3.8, 4) is 0 Å². The van der Waals surface area contributed by atoms with Gasteiger partial charge in [-0.2, -0.15) is 5.10 Å². The fourth-order valence-corrected chi connectivity index (χ4v) is 3.16. The van der Waals surface area contributed by atoms with Crippen molar-refractivity contribution in [1.29, 1.82) is 0 Å². The molecule has 1 aromatic heterocycles. The second-order valence-corrected chi connectivity index (χ2v) is 6.41. The Morgan fingerprint density at radius 2 is 1.54 bits per heavy atom. The Hall–Kier alpha value is -1.73. The third-order valence-corrected chi connectivity index (χ3v) is 4.51. The topological polar surface area (TPSA) is 64.8 Å². The van der Waals surface area contributed by atoms with E-state index in [1.807, 2.05) is 42.6 Å². The van der Waals surface area contributed by atoms with E-state index in [0.717, 1.165) is 31.7 Å². The van der Waals surface area contributed by atoms with Crippen LogP contribution in [0.15, 0.2) is 48.8 Å². The van der Waals surface area contributed by atoms with Gasteiger partial charge in [-0.1, -0.05) is 30.3 Å². The van der Waals surface area contributed by atoms with E-state index in [2.05, 4.69) is 14.9 Å². The average Bonchev–Trinajstić information content (AvgIpc) is 3.10. The van der Waals surface area contributed by atoms with Gasteiger partial charge in [0.2, 0.25) is 0 Å². The lowest BCUT2D eigenvalue weighted by Gasteiger charge is -2.36. The Balaban J connectivity index is 1.39. The summed E-state index contributed by atoms with van der Waals surface area (Å²) >= 11 is 0. The molecule has 2 N–H and O–H groups in total. The van der Waals surface area contributed by atoms with Crippen LogP contribution in [0.2, 0.25) is 0 Å². The average molecular weight is 330 g/mol. The van der Waals surface area contributed by atoms with Crippen LogP contribution >= 0.6 is 0 Å². The Morgan fingerprint density at radius 1 is 0.875 bits per heavy atom. The van der Waals surface area contributed by atoms with Gasteiger partial charge in [0.05, 0.1) is 18.8 Å². The van der Waals surface area contributed by atoms with Crippen LogP contribution in [0.25, 0.3) is 0 Å². The third kappa shape index (κ3) is 4.88. The molecule has 0 radical (unpaired) electrons. The van der Waals surface area contributed by atoms with Gasteiger partial charge in [0, 0.05) is 51.7 Å². The molecule has 0 bridgehead atoms. The summed E-state index contributed by atoms with van der Waals surface area (Å²) in [6.45, 7) is 5.51. The zero-order valence-electron chi connectivity index (χ0n) is 13.9. The van der Waals surface area contributed by atoms with E-state index in [4.69, 9.17) is 0 Å². The Labute approximate surface area is 142 Å². The molecule has 0 amide bonds. The molecule has 2 aromatic rings. The van der Waals surface area contributed by atoms with Crippen molar-refractivity contribution in [3.05, 3.63) is 54.4 Å². The summed E-state index contributed by atoms with van der Waals surface area (Å²) in [6.07, 6.45) is 2.74. The summed E-state index contributed by atoms with van der Waals surface area (Å²) in [6, 6.07) is 11.7. The van der Waals surface area contributed by atoms with E-state index in [-0.39, 0.29) is 0 Å². The second kappa shape index (κ2) is 8.39. The van der Waals surface area contributed by atoms with Crippen LogP contribution in [-0.2, 0) is 6.54 Å². The number of hydrogen-bond acceptors (Lipinski definition) is 5. The molecule has 1 fully saturated rings. The molecule has 1 saturated heterocycles. The quantitative estimate of drug-likeness (QED) is 0.778. The Bertz CT molecular complexity index is 582. The van der Waals surface area contributed by atoms with Gasteiger partial charge >= 0.3 is 0 Å². The highest BCUT2D eigenvalue weighted by Crippen LogP contribution is 2.15. The number of benzene rings is 1. The molecule has 2 heterocycles. The third-order valence-electron chi connectivity index (χ3n) is 4.51. The van der Waals surface area contributed by atoms with Crippen LogP contribution in [-0.4, -0.2) is 75.2 Å². The minimum absolute atomic E-state index is 0.411. The predicted octanol–water partition coefficient (Wildman–Crippen LogP) is 0.595. The number of rotatable bonds is 7. The van der Waals surface area contributed by atoms with E-state index < -0.39 is 12.2 Å². The standard InChI is InChI=1S/C18H26N4O2/c23-17(14-22-8-4-7-19-22)13-20-9-11-21(12-10-20)15-18(24)16-5-2-1-3-6-16/h1-8,17-18,23-24H,9-15H2/t17-,18-/m1/s1. The minimum Gasteiger partial charge on any atom is -0.390 e. The molecule has 24 heavy (non-hydrogen) atoms. The molecule has 6 heteroatoms. The van der Waals surface area contributed by atoms with Gasteiger partial charge < -0.3 is 10.2 Å². The van der Waals surface area contributed by atoms with E-state index in [0.29, 0.717) is 19.6 Å². The van der Waals surface area contributed by atoms with Crippen molar-refractivity contribution < 1.29 is 10.2 Å². The van der Waals surface area contributed by atoms with Gasteiger partial charge in [-0.3, -0.25) is 14.5 Å². The maximum absolute atomic E-state index is 10.3. The number of hydrogen-bond donors (Lipinski definition) is 2. The summed E-state index contributed by atoms with van der Waals surface area (Å²) in [5, 5.41) is 24.6. The van der Waals surface area contributed by atoms with E-state index >= 15 is 0 Å². The lowest BCUT2D eigenvalue weighted by atomic mass is 10.1. The van der Waals surface area contributed by atoms with Crippen molar-refractivity contribution >= 4 is 0 Å². The highest BCUT2D eigenvalue weighted by molar-refractivity contribution is 5.17. The minimum atomic E-state index is -0.442. The molecular weight excluding hydrogens is 304 g/mol. The number of aliphatic hydroxyl groups excluding tert-OH is 2. The predicted molar refractivity (Wildman–Crippen MR) is 92.5 cm³/mol. The second-order valence-electron chi connectivity index (χ2n) is 6.41. The first-order valence-corrected chi connectivity index (χ1v) is 8.54. The molecule has 0 spiro atoms. The molecule has 1 aliphatic heterocycles. The largest absolute Gasteiger partial charge is 0.390 e. The Morgan fingerprint density at radius 3 is 2.17 bits per heavy atom. The van der Waals surface area contributed by atoms with Crippen molar-refractivity contribution in [1.82, 2.24) is 19.6 Å². The molecule has 0 saturated carbocycles. The summed E-state index contributed by atoms with van der Waals surface area (Å²) in [5.41, 5.74) is 0.967. The smallest absolute Gasteiger partial charge is 0.0916 e. The summed E-state index contributed by atoms with van der Waals surface area (Å²) in [4.78, 5) is 4.56. The number of β-amino-alcohol motifs (C(OH)–C–C–N with tert-alkyl or cyclic N) is 2. The summed E-state index contributed by atoms with van der Waals surface area (Å²) in [7, 11) is 0.